The molecule has 1 N–H and O–H groups in total. The largest absolute Gasteiger partial charge is 0.497 e. The van der Waals surface area contributed by atoms with E-state index in [1.165, 1.54) is 0 Å². The molecule has 2 amide bonds. The summed E-state index contributed by atoms with van der Waals surface area (Å²) in [4.78, 5) is 18.9. The van der Waals surface area contributed by atoms with Crippen LogP contribution in [-0.4, -0.2) is 34.1 Å². The van der Waals surface area contributed by atoms with Gasteiger partial charge in [0, 0.05) is 18.8 Å². The third kappa shape index (κ3) is 2.56. The third-order valence-corrected chi connectivity index (χ3v) is 4.29. The monoisotopic (exact) mass is 322 g/mol. The van der Waals surface area contributed by atoms with E-state index in [-0.39, 0.29) is 6.03 Å². The predicted molar refractivity (Wildman–Crippen MR) is 92.2 cm³/mol. The van der Waals surface area contributed by atoms with E-state index in [0.29, 0.717) is 13.1 Å². The molecule has 1 aliphatic heterocycles. The highest BCUT2D eigenvalue weighted by Crippen LogP contribution is 2.21. The molecule has 24 heavy (non-hydrogen) atoms. The van der Waals surface area contributed by atoms with Gasteiger partial charge in [-0.25, -0.2) is 9.78 Å². The molecule has 0 atom stereocenters. The topological polar surface area (TPSA) is 59.4 Å². The molecule has 1 aliphatic rings. The molecule has 0 saturated carbocycles. The average Bonchev–Trinajstić information content (AvgIpc) is 3.00. The van der Waals surface area contributed by atoms with Crippen molar-refractivity contribution in [3.05, 3.63) is 54.4 Å². The zero-order chi connectivity index (χ0) is 16.5. The second kappa shape index (κ2) is 5.88. The predicted octanol–water partition coefficient (Wildman–Crippen LogP) is 3.09. The Morgan fingerprint density at radius 1 is 1.12 bits per heavy atom. The van der Waals surface area contributed by atoms with Gasteiger partial charge in [0.15, 0.2) is 0 Å². The number of carbonyl (C=O) groups is 1. The van der Waals surface area contributed by atoms with Crippen LogP contribution in [0.5, 0.6) is 5.75 Å². The van der Waals surface area contributed by atoms with Crippen LogP contribution in [0.15, 0.2) is 48.5 Å². The summed E-state index contributed by atoms with van der Waals surface area (Å²) in [5.74, 6) is 1.69. The molecule has 3 aromatic rings. The van der Waals surface area contributed by atoms with E-state index in [1.807, 2.05) is 42.5 Å². The van der Waals surface area contributed by atoms with Crippen molar-refractivity contribution in [3.8, 4) is 5.75 Å². The summed E-state index contributed by atoms with van der Waals surface area (Å²) < 4.78 is 7.31. The fraction of sp³-hybridized carbons (Fsp3) is 0.222. The molecule has 2 aromatic carbocycles. The fourth-order valence-corrected chi connectivity index (χ4v) is 3.02. The molecule has 0 aliphatic carbocycles. The molecule has 122 valence electrons. The number of aromatic nitrogens is 2. The zero-order valence-corrected chi connectivity index (χ0v) is 13.4. The second-order valence-corrected chi connectivity index (χ2v) is 5.75. The number of fused-ring (bicyclic) bond motifs is 3. The average molecular weight is 322 g/mol. The van der Waals surface area contributed by atoms with E-state index < -0.39 is 0 Å². The molecule has 6 heteroatoms. The normalized spacial score (nSPS) is 13.6. The van der Waals surface area contributed by atoms with Crippen molar-refractivity contribution in [2.75, 3.05) is 19.0 Å². The summed E-state index contributed by atoms with van der Waals surface area (Å²) in [5, 5.41) is 2.92. The van der Waals surface area contributed by atoms with Crippen molar-refractivity contribution in [2.45, 2.75) is 13.1 Å². The van der Waals surface area contributed by atoms with E-state index in [2.05, 4.69) is 20.9 Å². The smallest absolute Gasteiger partial charge is 0.322 e. The van der Waals surface area contributed by atoms with Crippen molar-refractivity contribution < 1.29 is 9.53 Å². The van der Waals surface area contributed by atoms with Crippen molar-refractivity contribution in [1.29, 1.82) is 0 Å². The van der Waals surface area contributed by atoms with Gasteiger partial charge in [0.05, 0.1) is 24.7 Å². The Hall–Kier alpha value is -3.02. The molecule has 6 nitrogen and oxygen atoms in total. The first kappa shape index (κ1) is 14.6. The van der Waals surface area contributed by atoms with E-state index >= 15 is 0 Å². The molecular weight excluding hydrogens is 304 g/mol. The van der Waals surface area contributed by atoms with E-state index in [9.17, 15) is 4.79 Å². The van der Waals surface area contributed by atoms with Gasteiger partial charge in [-0.3, -0.25) is 0 Å². The van der Waals surface area contributed by atoms with Gasteiger partial charge in [-0.15, -0.1) is 0 Å². The van der Waals surface area contributed by atoms with Crippen LogP contribution in [0.25, 0.3) is 11.0 Å². The molecule has 0 unspecified atom stereocenters. The number of benzene rings is 2. The number of carbonyl (C=O) groups excluding carboxylic acids is 1. The number of nitrogens with zero attached hydrogens (tertiary/aromatic N) is 3. The van der Waals surface area contributed by atoms with Crippen LogP contribution >= 0.6 is 0 Å². The van der Waals surface area contributed by atoms with Crippen LogP contribution < -0.4 is 10.1 Å². The first-order valence-electron chi connectivity index (χ1n) is 7.89. The molecule has 4 rings (SSSR count). The number of hydrogen-bond acceptors (Lipinski definition) is 3. The first-order valence-corrected chi connectivity index (χ1v) is 7.89. The number of hydrogen-bond donors (Lipinski definition) is 1. The molecular formula is C18H18N4O2. The van der Waals surface area contributed by atoms with Crippen molar-refractivity contribution >= 4 is 22.8 Å². The minimum absolute atomic E-state index is 0.113. The molecule has 0 bridgehead atoms. The number of methoxy groups -OCH3 is 1. The van der Waals surface area contributed by atoms with Crippen LogP contribution in [0.4, 0.5) is 10.5 Å². The second-order valence-electron chi connectivity index (χ2n) is 5.75. The lowest BCUT2D eigenvalue weighted by atomic mass is 10.3. The Labute approximate surface area is 139 Å². The van der Waals surface area contributed by atoms with Crippen LogP contribution in [0.1, 0.15) is 5.82 Å². The van der Waals surface area contributed by atoms with Gasteiger partial charge in [-0.1, -0.05) is 12.1 Å². The summed E-state index contributed by atoms with van der Waals surface area (Å²) in [6.07, 6.45) is 0. The van der Waals surface area contributed by atoms with E-state index in [1.54, 1.807) is 12.0 Å². The molecule has 2 heterocycles. The number of anilines is 1. The third-order valence-electron chi connectivity index (χ3n) is 4.29. The highest BCUT2D eigenvalue weighted by molar-refractivity contribution is 5.89. The van der Waals surface area contributed by atoms with Crippen LogP contribution in [0, 0.1) is 0 Å². The Morgan fingerprint density at radius 3 is 2.71 bits per heavy atom. The summed E-state index contributed by atoms with van der Waals surface area (Å²) in [6, 6.07) is 15.3. The van der Waals surface area contributed by atoms with Gasteiger partial charge in [-0.05, 0) is 36.4 Å². The Balaban J connectivity index is 1.50. The van der Waals surface area contributed by atoms with Gasteiger partial charge in [0.1, 0.15) is 11.6 Å². The minimum Gasteiger partial charge on any atom is -0.497 e. The zero-order valence-electron chi connectivity index (χ0n) is 13.4. The quantitative estimate of drug-likeness (QED) is 0.789. The van der Waals surface area contributed by atoms with Crippen LogP contribution in [0.2, 0.25) is 0 Å². The number of ether oxygens (including phenoxy) is 1. The number of imidazole rings is 1. The number of urea groups is 1. The summed E-state index contributed by atoms with van der Waals surface area (Å²) in [7, 11) is 1.62. The minimum atomic E-state index is -0.113. The van der Waals surface area contributed by atoms with E-state index in [0.717, 1.165) is 34.8 Å². The maximum Gasteiger partial charge on any atom is 0.322 e. The maximum absolute atomic E-state index is 12.5. The SMILES string of the molecule is COc1ccc(NC(=O)N2CCn3c(nc4ccccc43)C2)cc1. The van der Waals surface area contributed by atoms with Crippen molar-refractivity contribution in [1.82, 2.24) is 14.5 Å². The highest BCUT2D eigenvalue weighted by Gasteiger charge is 2.23. The highest BCUT2D eigenvalue weighted by atomic mass is 16.5. The summed E-state index contributed by atoms with van der Waals surface area (Å²) in [6.45, 7) is 1.93. The summed E-state index contributed by atoms with van der Waals surface area (Å²) >= 11 is 0. The Bertz CT molecular complexity index is 886. The molecule has 0 saturated heterocycles. The molecule has 0 spiro atoms. The van der Waals surface area contributed by atoms with Gasteiger partial charge < -0.3 is 19.5 Å². The maximum atomic E-state index is 12.5. The summed E-state index contributed by atoms with van der Waals surface area (Å²) in [5.41, 5.74) is 2.85. The Morgan fingerprint density at radius 2 is 1.92 bits per heavy atom. The van der Waals surface area contributed by atoms with Crippen molar-refractivity contribution in [2.24, 2.45) is 0 Å². The lowest BCUT2D eigenvalue weighted by Gasteiger charge is -2.28. The first-order chi connectivity index (χ1) is 11.7. The van der Waals surface area contributed by atoms with Gasteiger partial charge in [0.2, 0.25) is 0 Å². The van der Waals surface area contributed by atoms with Gasteiger partial charge >= 0.3 is 6.03 Å². The lowest BCUT2D eigenvalue weighted by molar-refractivity contribution is 0.196. The number of amides is 2. The van der Waals surface area contributed by atoms with Crippen LogP contribution in [0.3, 0.4) is 0 Å². The Kier molecular flexibility index (Phi) is 3.57. The standard InChI is InChI=1S/C18H18N4O2/c1-24-14-8-6-13(7-9-14)19-18(23)21-10-11-22-16-5-3-2-4-15(16)20-17(22)12-21/h2-9H,10-12H2,1H3,(H,19,23). The van der Waals surface area contributed by atoms with Gasteiger partial charge in [-0.2, -0.15) is 0 Å². The number of rotatable bonds is 2. The number of para-hydroxylation sites is 2. The lowest BCUT2D eigenvalue weighted by Crippen LogP contribution is -2.40. The van der Waals surface area contributed by atoms with E-state index in [4.69, 9.17) is 4.74 Å². The molecule has 0 fully saturated rings. The van der Waals surface area contributed by atoms with Gasteiger partial charge in [0.25, 0.3) is 0 Å². The molecule has 1 aromatic heterocycles. The van der Waals surface area contributed by atoms with Crippen LogP contribution in [-0.2, 0) is 13.1 Å². The number of nitrogens with one attached hydrogen (secondary N) is 1. The fourth-order valence-electron chi connectivity index (χ4n) is 3.02. The van der Waals surface area contributed by atoms with Crippen molar-refractivity contribution in [3.63, 3.8) is 0 Å². The molecule has 0 radical (unpaired) electrons.